The molecular formula is C27H35NO2. The van der Waals surface area contributed by atoms with Gasteiger partial charge in [-0.3, -0.25) is 4.79 Å². The van der Waals surface area contributed by atoms with Gasteiger partial charge in [0.25, 0.3) is 0 Å². The number of carbonyl (C=O) groups is 1. The Morgan fingerprint density at radius 3 is 2.63 bits per heavy atom. The minimum Gasteiger partial charge on any atom is -0.497 e. The van der Waals surface area contributed by atoms with Crippen molar-refractivity contribution in [2.75, 3.05) is 12.4 Å². The number of allylic oxidation sites excluding steroid dienone is 9. The van der Waals surface area contributed by atoms with Crippen molar-refractivity contribution in [1.82, 2.24) is 0 Å². The Morgan fingerprint density at radius 2 is 1.93 bits per heavy atom. The second-order valence-corrected chi connectivity index (χ2v) is 8.64. The van der Waals surface area contributed by atoms with Gasteiger partial charge in [-0.25, -0.2) is 0 Å². The molecule has 0 bridgehead atoms. The zero-order valence-corrected chi connectivity index (χ0v) is 19.2. The number of hydrogen-bond acceptors (Lipinski definition) is 2. The highest BCUT2D eigenvalue weighted by Crippen LogP contribution is 2.40. The van der Waals surface area contributed by atoms with Crippen molar-refractivity contribution in [1.29, 1.82) is 0 Å². The molecule has 0 aliphatic heterocycles. The molecule has 1 amide bonds. The first-order valence-electron chi connectivity index (χ1n) is 10.6. The van der Waals surface area contributed by atoms with Crippen molar-refractivity contribution in [2.24, 2.45) is 5.41 Å². The van der Waals surface area contributed by atoms with Crippen LogP contribution < -0.4 is 10.1 Å². The minimum atomic E-state index is -0.159. The van der Waals surface area contributed by atoms with Gasteiger partial charge in [-0.05, 0) is 68.7 Å². The molecule has 0 unspecified atom stereocenters. The smallest absolute Gasteiger partial charge is 0.248 e. The van der Waals surface area contributed by atoms with Gasteiger partial charge in [0.15, 0.2) is 0 Å². The summed E-state index contributed by atoms with van der Waals surface area (Å²) < 4.78 is 5.18. The third-order valence-corrected chi connectivity index (χ3v) is 5.47. The normalized spacial score (nSPS) is 17.7. The van der Waals surface area contributed by atoms with E-state index < -0.39 is 0 Å². The molecule has 1 aromatic carbocycles. The van der Waals surface area contributed by atoms with Crippen LogP contribution in [-0.4, -0.2) is 13.0 Å². The molecule has 0 saturated carbocycles. The van der Waals surface area contributed by atoms with E-state index >= 15 is 0 Å². The highest BCUT2D eigenvalue weighted by molar-refractivity contribution is 6.00. The number of hydrogen-bond donors (Lipinski definition) is 1. The predicted octanol–water partition coefficient (Wildman–Crippen LogP) is 7.17. The summed E-state index contributed by atoms with van der Waals surface area (Å²) in [7, 11) is 1.61. The van der Waals surface area contributed by atoms with E-state index in [4.69, 9.17) is 4.74 Å². The lowest BCUT2D eigenvalue weighted by Crippen LogP contribution is -2.19. The Morgan fingerprint density at radius 1 is 1.17 bits per heavy atom. The fourth-order valence-corrected chi connectivity index (χ4v) is 3.77. The fraction of sp³-hybridized carbons (Fsp3) is 0.370. The molecule has 1 N–H and O–H groups in total. The van der Waals surface area contributed by atoms with Gasteiger partial charge in [0.1, 0.15) is 5.75 Å². The second kappa shape index (κ2) is 10.8. The van der Waals surface area contributed by atoms with Crippen molar-refractivity contribution >= 4 is 11.6 Å². The van der Waals surface area contributed by atoms with Gasteiger partial charge in [0.05, 0.1) is 7.11 Å². The summed E-state index contributed by atoms with van der Waals surface area (Å²) in [4.78, 5) is 12.2. The quantitative estimate of drug-likeness (QED) is 0.386. The fourth-order valence-electron chi connectivity index (χ4n) is 3.77. The van der Waals surface area contributed by atoms with Gasteiger partial charge in [-0.2, -0.15) is 0 Å². The molecule has 3 nitrogen and oxygen atoms in total. The monoisotopic (exact) mass is 405 g/mol. The van der Waals surface area contributed by atoms with Crippen molar-refractivity contribution in [3.05, 3.63) is 83.0 Å². The van der Waals surface area contributed by atoms with E-state index in [0.29, 0.717) is 11.4 Å². The predicted molar refractivity (Wildman–Crippen MR) is 128 cm³/mol. The molecule has 0 aromatic heterocycles. The molecule has 30 heavy (non-hydrogen) atoms. The van der Waals surface area contributed by atoms with Crippen LogP contribution in [-0.2, 0) is 4.79 Å². The molecule has 1 aliphatic carbocycles. The lowest BCUT2D eigenvalue weighted by atomic mass is 9.72. The molecule has 1 aliphatic rings. The number of carbonyl (C=O) groups excluding carboxylic acids is 1. The molecule has 2 rings (SSSR count). The Kier molecular flexibility index (Phi) is 8.46. The Labute approximate surface area is 181 Å². The van der Waals surface area contributed by atoms with Crippen LogP contribution in [0.15, 0.2) is 83.0 Å². The van der Waals surface area contributed by atoms with E-state index in [1.165, 1.54) is 36.0 Å². The number of rotatable bonds is 7. The molecule has 1 aromatic rings. The zero-order chi connectivity index (χ0) is 22.1. The van der Waals surface area contributed by atoms with Crippen LogP contribution in [0.4, 0.5) is 5.69 Å². The molecule has 0 radical (unpaired) electrons. The third-order valence-electron chi connectivity index (χ3n) is 5.47. The average molecular weight is 406 g/mol. The number of anilines is 1. The zero-order valence-electron chi connectivity index (χ0n) is 19.2. The number of nitrogens with one attached hydrogen (secondary N) is 1. The van der Waals surface area contributed by atoms with E-state index in [1.807, 2.05) is 37.3 Å². The number of benzene rings is 1. The molecule has 0 saturated heterocycles. The summed E-state index contributed by atoms with van der Waals surface area (Å²) in [5.41, 5.74) is 6.01. The minimum absolute atomic E-state index is 0.159. The Bertz CT molecular complexity index is 911. The van der Waals surface area contributed by atoms with E-state index in [2.05, 4.69) is 51.2 Å². The van der Waals surface area contributed by atoms with Gasteiger partial charge in [0, 0.05) is 17.8 Å². The SMILES string of the molecule is COc1cccc(NC(=O)/C=C(C)/C=C/C=C(C)/C=C/C2=C(C)CCCC2(C)C)c1. The summed E-state index contributed by atoms with van der Waals surface area (Å²) in [5.74, 6) is 0.553. The summed E-state index contributed by atoms with van der Waals surface area (Å²) in [6, 6.07) is 7.32. The number of methoxy groups -OCH3 is 1. The molecule has 3 heteroatoms. The van der Waals surface area contributed by atoms with Gasteiger partial charge in [0.2, 0.25) is 5.91 Å². The Hall–Kier alpha value is -2.81. The van der Waals surface area contributed by atoms with Crippen LogP contribution in [0, 0.1) is 5.41 Å². The maximum atomic E-state index is 12.2. The van der Waals surface area contributed by atoms with Crippen LogP contribution in [0.2, 0.25) is 0 Å². The van der Waals surface area contributed by atoms with Crippen molar-refractivity contribution in [2.45, 2.75) is 53.9 Å². The summed E-state index contributed by atoms with van der Waals surface area (Å²) in [5, 5.41) is 2.85. The molecule has 0 atom stereocenters. The first kappa shape index (κ1) is 23.5. The lowest BCUT2D eigenvalue weighted by Gasteiger charge is -2.32. The van der Waals surface area contributed by atoms with E-state index in [1.54, 1.807) is 19.3 Å². The van der Waals surface area contributed by atoms with Gasteiger partial charge < -0.3 is 10.1 Å². The summed E-state index contributed by atoms with van der Waals surface area (Å²) in [6.45, 7) is 10.9. The van der Waals surface area contributed by atoms with Crippen LogP contribution >= 0.6 is 0 Å². The van der Waals surface area contributed by atoms with E-state index in [-0.39, 0.29) is 11.3 Å². The van der Waals surface area contributed by atoms with Crippen molar-refractivity contribution in [3.63, 3.8) is 0 Å². The van der Waals surface area contributed by atoms with Crippen LogP contribution in [0.3, 0.4) is 0 Å². The maximum absolute atomic E-state index is 12.2. The maximum Gasteiger partial charge on any atom is 0.248 e. The first-order valence-corrected chi connectivity index (χ1v) is 10.6. The van der Waals surface area contributed by atoms with Gasteiger partial charge in [-0.15, -0.1) is 0 Å². The second-order valence-electron chi connectivity index (χ2n) is 8.64. The molecule has 0 fully saturated rings. The standard InChI is InChI=1S/C27H35NO2/c1-20(15-16-25-22(3)12-9-17-27(25,4)5)10-7-11-21(2)18-26(29)28-23-13-8-14-24(19-23)30-6/h7-8,10-11,13-16,18-19H,9,12,17H2,1-6H3,(H,28,29)/b11-7+,16-15+,20-10+,21-18+. The number of amides is 1. The number of ether oxygens (including phenoxy) is 1. The van der Waals surface area contributed by atoms with Crippen LogP contribution in [0.1, 0.15) is 53.9 Å². The highest BCUT2D eigenvalue weighted by Gasteiger charge is 2.26. The molecular weight excluding hydrogens is 370 g/mol. The first-order chi connectivity index (χ1) is 14.2. The topological polar surface area (TPSA) is 38.3 Å². The van der Waals surface area contributed by atoms with Crippen LogP contribution in [0.5, 0.6) is 5.75 Å². The Balaban J connectivity index is 1.97. The molecule has 0 heterocycles. The van der Waals surface area contributed by atoms with Gasteiger partial charge >= 0.3 is 0 Å². The molecule has 0 spiro atoms. The largest absolute Gasteiger partial charge is 0.497 e. The lowest BCUT2D eigenvalue weighted by molar-refractivity contribution is -0.111. The highest BCUT2D eigenvalue weighted by atomic mass is 16.5. The molecule has 160 valence electrons. The summed E-state index contributed by atoms with van der Waals surface area (Å²) >= 11 is 0. The van der Waals surface area contributed by atoms with Crippen molar-refractivity contribution < 1.29 is 9.53 Å². The van der Waals surface area contributed by atoms with E-state index in [9.17, 15) is 4.79 Å². The van der Waals surface area contributed by atoms with Crippen LogP contribution in [0.25, 0.3) is 0 Å². The van der Waals surface area contributed by atoms with Crippen molar-refractivity contribution in [3.8, 4) is 5.75 Å². The summed E-state index contributed by atoms with van der Waals surface area (Å²) in [6.07, 6.45) is 15.8. The van der Waals surface area contributed by atoms with E-state index in [0.717, 1.165) is 5.57 Å². The average Bonchev–Trinajstić information content (AvgIpc) is 2.67. The van der Waals surface area contributed by atoms with Gasteiger partial charge in [-0.1, -0.05) is 61.4 Å². The third kappa shape index (κ3) is 7.22.